The van der Waals surface area contributed by atoms with Crippen molar-refractivity contribution < 1.29 is 22.7 Å². The lowest BCUT2D eigenvalue weighted by Crippen LogP contribution is -2.48. The standard InChI is InChI=1S/C21H25N3O5S/c1-22-14-17(12-19(22)21(26)29-2)30(27,28)24-10-5-8-18(24)20(25)23-11-9-15-6-3-4-7-16(15)13-23/h3-4,6-7,12,14,18H,5,8-11,13H2,1-2H3. The second-order valence-corrected chi connectivity index (χ2v) is 9.61. The van der Waals surface area contributed by atoms with Gasteiger partial charge >= 0.3 is 5.97 Å². The molecule has 8 nitrogen and oxygen atoms in total. The fourth-order valence-corrected chi connectivity index (χ4v) is 6.01. The van der Waals surface area contributed by atoms with Crippen molar-refractivity contribution in [3.63, 3.8) is 0 Å². The lowest BCUT2D eigenvalue weighted by molar-refractivity contribution is -0.135. The highest BCUT2D eigenvalue weighted by atomic mass is 32.2. The molecule has 1 unspecified atom stereocenters. The Hall–Kier alpha value is -2.65. The van der Waals surface area contributed by atoms with Crippen molar-refractivity contribution in [2.24, 2.45) is 7.05 Å². The molecular weight excluding hydrogens is 406 g/mol. The monoisotopic (exact) mass is 431 g/mol. The molecule has 0 saturated carbocycles. The van der Waals surface area contributed by atoms with E-state index in [1.807, 2.05) is 18.2 Å². The molecule has 2 aliphatic rings. The van der Waals surface area contributed by atoms with E-state index in [9.17, 15) is 18.0 Å². The van der Waals surface area contributed by atoms with E-state index in [1.54, 1.807) is 11.9 Å². The fourth-order valence-electron chi connectivity index (χ4n) is 4.29. The summed E-state index contributed by atoms with van der Waals surface area (Å²) >= 11 is 0. The summed E-state index contributed by atoms with van der Waals surface area (Å²) in [6, 6.07) is 8.60. The number of carbonyl (C=O) groups excluding carboxylic acids is 2. The first-order valence-corrected chi connectivity index (χ1v) is 11.4. The summed E-state index contributed by atoms with van der Waals surface area (Å²) in [5.74, 6) is -0.769. The summed E-state index contributed by atoms with van der Waals surface area (Å²) in [4.78, 5) is 26.9. The topological polar surface area (TPSA) is 88.9 Å². The molecule has 1 saturated heterocycles. The normalized spacial score (nSPS) is 19.5. The van der Waals surface area contributed by atoms with Gasteiger partial charge in [-0.1, -0.05) is 24.3 Å². The molecule has 1 fully saturated rings. The minimum atomic E-state index is -3.92. The van der Waals surface area contributed by atoms with Gasteiger partial charge in [0.05, 0.1) is 7.11 Å². The lowest BCUT2D eigenvalue weighted by Gasteiger charge is -2.33. The first-order valence-electron chi connectivity index (χ1n) is 9.95. The first-order chi connectivity index (χ1) is 14.3. The van der Waals surface area contributed by atoms with Crippen molar-refractivity contribution in [3.05, 3.63) is 53.3 Å². The second kappa shape index (κ2) is 7.88. The number of nitrogens with zero attached hydrogens (tertiary/aromatic N) is 3. The molecule has 1 amide bonds. The predicted molar refractivity (Wildman–Crippen MR) is 109 cm³/mol. The predicted octanol–water partition coefficient (Wildman–Crippen LogP) is 1.55. The third-order valence-electron chi connectivity index (χ3n) is 5.91. The maximum atomic E-state index is 13.3. The minimum Gasteiger partial charge on any atom is -0.464 e. The van der Waals surface area contributed by atoms with Crippen LogP contribution in [0.4, 0.5) is 0 Å². The Bertz CT molecular complexity index is 1090. The van der Waals surface area contributed by atoms with Crippen molar-refractivity contribution in [1.29, 1.82) is 0 Å². The van der Waals surface area contributed by atoms with E-state index in [1.165, 1.54) is 33.8 Å². The zero-order chi connectivity index (χ0) is 21.5. The average Bonchev–Trinajstić information content (AvgIpc) is 3.40. The highest BCUT2D eigenvalue weighted by Crippen LogP contribution is 2.30. The molecule has 0 radical (unpaired) electrons. The Morgan fingerprint density at radius 1 is 1.13 bits per heavy atom. The van der Waals surface area contributed by atoms with Gasteiger partial charge in [0.1, 0.15) is 16.6 Å². The molecule has 3 heterocycles. The van der Waals surface area contributed by atoms with Crippen LogP contribution in [0.1, 0.15) is 34.5 Å². The van der Waals surface area contributed by atoms with E-state index >= 15 is 0 Å². The number of rotatable bonds is 4. The van der Waals surface area contributed by atoms with Gasteiger partial charge in [-0.15, -0.1) is 0 Å². The van der Waals surface area contributed by atoms with Crippen molar-refractivity contribution >= 4 is 21.9 Å². The lowest BCUT2D eigenvalue weighted by atomic mass is 9.99. The molecule has 1 atom stereocenters. The Balaban J connectivity index is 1.57. The minimum absolute atomic E-state index is 0.00547. The van der Waals surface area contributed by atoms with Gasteiger partial charge < -0.3 is 14.2 Å². The van der Waals surface area contributed by atoms with E-state index in [0.29, 0.717) is 25.9 Å². The van der Waals surface area contributed by atoms with Gasteiger partial charge in [-0.3, -0.25) is 4.79 Å². The van der Waals surface area contributed by atoms with Crippen LogP contribution in [-0.4, -0.2) is 60.3 Å². The van der Waals surface area contributed by atoms with E-state index in [0.717, 1.165) is 12.0 Å². The summed E-state index contributed by atoms with van der Waals surface area (Å²) in [5.41, 5.74) is 2.48. The second-order valence-electron chi connectivity index (χ2n) is 7.72. The van der Waals surface area contributed by atoms with E-state index in [-0.39, 0.29) is 23.0 Å². The van der Waals surface area contributed by atoms with Gasteiger partial charge in [-0.05, 0) is 36.5 Å². The summed E-state index contributed by atoms with van der Waals surface area (Å²) in [7, 11) is -1.09. The maximum Gasteiger partial charge on any atom is 0.354 e. The highest BCUT2D eigenvalue weighted by molar-refractivity contribution is 7.89. The number of sulfonamides is 1. The smallest absolute Gasteiger partial charge is 0.354 e. The number of carbonyl (C=O) groups is 2. The number of benzene rings is 1. The molecular formula is C21H25N3O5S. The molecule has 1 aromatic heterocycles. The molecule has 160 valence electrons. The van der Waals surface area contributed by atoms with Gasteiger partial charge in [-0.2, -0.15) is 4.31 Å². The van der Waals surface area contributed by atoms with Crippen molar-refractivity contribution in [2.45, 2.75) is 36.7 Å². The summed E-state index contributed by atoms with van der Waals surface area (Å²) in [6.07, 6.45) is 3.27. The maximum absolute atomic E-state index is 13.3. The highest BCUT2D eigenvalue weighted by Gasteiger charge is 2.42. The zero-order valence-corrected chi connectivity index (χ0v) is 17.9. The molecule has 0 N–H and O–H groups in total. The number of esters is 1. The van der Waals surface area contributed by atoms with Crippen LogP contribution >= 0.6 is 0 Å². The quantitative estimate of drug-likeness (QED) is 0.686. The van der Waals surface area contributed by atoms with Crippen molar-refractivity contribution in [3.8, 4) is 0 Å². The summed E-state index contributed by atoms with van der Waals surface area (Å²) in [6.45, 7) is 1.36. The Labute approximate surface area is 176 Å². The zero-order valence-electron chi connectivity index (χ0n) is 17.1. The van der Waals surface area contributed by atoms with Gasteiger partial charge in [0.25, 0.3) is 0 Å². The van der Waals surface area contributed by atoms with Gasteiger partial charge in [0, 0.05) is 32.9 Å². The largest absolute Gasteiger partial charge is 0.464 e. The molecule has 4 rings (SSSR count). The number of fused-ring (bicyclic) bond motifs is 1. The average molecular weight is 432 g/mol. The van der Waals surface area contributed by atoms with Crippen molar-refractivity contribution in [1.82, 2.24) is 13.8 Å². The molecule has 30 heavy (non-hydrogen) atoms. The molecule has 2 aromatic rings. The van der Waals surface area contributed by atoms with Crippen LogP contribution in [-0.2, 0) is 39.6 Å². The Kier molecular flexibility index (Phi) is 5.42. The van der Waals surface area contributed by atoms with E-state index < -0.39 is 22.0 Å². The summed E-state index contributed by atoms with van der Waals surface area (Å²) in [5, 5.41) is 0. The van der Waals surface area contributed by atoms with Crippen LogP contribution < -0.4 is 0 Å². The summed E-state index contributed by atoms with van der Waals surface area (Å²) < 4.78 is 34.0. The van der Waals surface area contributed by atoms with Crippen LogP contribution in [0.15, 0.2) is 41.4 Å². The number of aryl methyl sites for hydroxylation is 1. The Morgan fingerprint density at radius 2 is 1.87 bits per heavy atom. The SMILES string of the molecule is COC(=O)c1cc(S(=O)(=O)N2CCCC2C(=O)N2CCc3ccccc3C2)cn1C. The molecule has 2 aliphatic heterocycles. The molecule has 0 spiro atoms. The van der Waals surface area contributed by atoms with Gasteiger partial charge in [0.15, 0.2) is 0 Å². The molecule has 1 aromatic carbocycles. The van der Waals surface area contributed by atoms with Crippen LogP contribution in [0, 0.1) is 0 Å². The number of hydrogen-bond acceptors (Lipinski definition) is 5. The Morgan fingerprint density at radius 3 is 2.60 bits per heavy atom. The number of ether oxygens (including phenoxy) is 1. The fraction of sp³-hybridized carbons (Fsp3) is 0.429. The van der Waals surface area contributed by atoms with E-state index in [4.69, 9.17) is 4.74 Å². The molecule has 9 heteroatoms. The van der Waals surface area contributed by atoms with Crippen LogP contribution in [0.5, 0.6) is 0 Å². The van der Waals surface area contributed by atoms with E-state index in [2.05, 4.69) is 6.07 Å². The number of methoxy groups -OCH3 is 1. The van der Waals surface area contributed by atoms with Gasteiger partial charge in [0.2, 0.25) is 15.9 Å². The number of amides is 1. The van der Waals surface area contributed by atoms with Crippen LogP contribution in [0.2, 0.25) is 0 Å². The molecule has 0 bridgehead atoms. The van der Waals surface area contributed by atoms with Crippen LogP contribution in [0.25, 0.3) is 0 Å². The third-order valence-corrected chi connectivity index (χ3v) is 7.79. The van der Waals surface area contributed by atoms with Gasteiger partial charge in [-0.25, -0.2) is 13.2 Å². The number of aromatic nitrogens is 1. The van der Waals surface area contributed by atoms with Crippen LogP contribution in [0.3, 0.4) is 0 Å². The number of hydrogen-bond donors (Lipinski definition) is 0. The molecule has 0 aliphatic carbocycles. The first kappa shape index (κ1) is 20.6. The third kappa shape index (κ3) is 3.52. The van der Waals surface area contributed by atoms with Crippen molar-refractivity contribution in [2.75, 3.05) is 20.2 Å².